The number of allylic oxidation sites excluding steroid dienone is 1. The van der Waals surface area contributed by atoms with Crippen molar-refractivity contribution in [1.29, 1.82) is 0 Å². The van der Waals surface area contributed by atoms with Gasteiger partial charge >= 0.3 is 0 Å². The monoisotopic (exact) mass is 753 g/mol. The molecule has 0 aromatic carbocycles. The molecule has 5 heterocycles. The Kier molecular flexibility index (Phi) is 13.1. The van der Waals surface area contributed by atoms with Crippen molar-refractivity contribution in [1.82, 2.24) is 24.8 Å². The molecule has 0 saturated carbocycles. The molecule has 5 rings (SSSR count). The third-order valence-electron chi connectivity index (χ3n) is 10.2. The molecule has 12 N–H and O–H groups in total. The van der Waals surface area contributed by atoms with Crippen LogP contribution in [0, 0.1) is 17.8 Å². The number of carbonyl (C=O) groups excluding carboxylic acids is 1. The Bertz CT molecular complexity index is 1560. The molecule has 0 aliphatic carbocycles. The fourth-order valence-electron chi connectivity index (χ4n) is 7.07. The number of nitrogens with one attached hydrogen (secondary N) is 1. The smallest absolute Gasteiger partial charge is 0.228 e. The van der Waals surface area contributed by atoms with E-state index in [1.165, 1.54) is 17.2 Å². The number of aromatic nitrogens is 4. The van der Waals surface area contributed by atoms with Gasteiger partial charge in [0.15, 0.2) is 29.8 Å². The van der Waals surface area contributed by atoms with Crippen LogP contribution in [0.5, 0.6) is 0 Å². The van der Waals surface area contributed by atoms with Crippen molar-refractivity contribution in [3.63, 3.8) is 0 Å². The minimum atomic E-state index is -2.06. The van der Waals surface area contributed by atoms with Crippen molar-refractivity contribution in [2.75, 3.05) is 12.3 Å². The van der Waals surface area contributed by atoms with Crippen LogP contribution in [0.3, 0.4) is 0 Å². The molecule has 53 heavy (non-hydrogen) atoms. The Balaban J connectivity index is 1.42. The number of hydrogen-bond donors (Lipinski definition) is 10. The van der Waals surface area contributed by atoms with Gasteiger partial charge in [-0.2, -0.15) is 0 Å². The SMILES string of the molecule is CC(C)/C=C/[C@@H](CC1O[C@](O)(C[C@@H](O)C(C)C)C[C@H](O)[C@H]1C(=O)NC1C(CO)OC(n2cnc3c(N)ncnc32)C1O)OC1OC(C)C(O)C(N)C1O. The van der Waals surface area contributed by atoms with E-state index in [1.54, 1.807) is 26.8 Å². The van der Waals surface area contributed by atoms with Crippen LogP contribution in [0.4, 0.5) is 5.82 Å². The van der Waals surface area contributed by atoms with Crippen LogP contribution in [0.25, 0.3) is 11.2 Å². The highest BCUT2D eigenvalue weighted by Gasteiger charge is 2.53. The zero-order valence-electron chi connectivity index (χ0n) is 30.5. The maximum absolute atomic E-state index is 14.2. The maximum Gasteiger partial charge on any atom is 0.228 e. The van der Waals surface area contributed by atoms with Gasteiger partial charge in [0, 0.05) is 19.3 Å². The first-order valence-corrected chi connectivity index (χ1v) is 18.0. The molecule has 1 amide bonds. The molecular formula is C34H55N7O12. The summed E-state index contributed by atoms with van der Waals surface area (Å²) < 4.78 is 25.5. The third kappa shape index (κ3) is 8.98. The van der Waals surface area contributed by atoms with Gasteiger partial charge < -0.3 is 71.5 Å². The Morgan fingerprint density at radius 2 is 1.81 bits per heavy atom. The van der Waals surface area contributed by atoms with Crippen molar-refractivity contribution < 1.29 is 59.5 Å². The van der Waals surface area contributed by atoms with E-state index in [-0.39, 0.29) is 41.7 Å². The van der Waals surface area contributed by atoms with Crippen LogP contribution in [-0.2, 0) is 23.7 Å². The Labute approximate surface area is 306 Å². The van der Waals surface area contributed by atoms with Gasteiger partial charge in [0.2, 0.25) is 5.91 Å². The van der Waals surface area contributed by atoms with Crippen LogP contribution in [0.15, 0.2) is 24.8 Å². The van der Waals surface area contributed by atoms with Gasteiger partial charge in [-0.3, -0.25) is 9.36 Å². The molecule has 3 aliphatic rings. The summed E-state index contributed by atoms with van der Waals surface area (Å²) in [5.74, 6) is -4.34. The number of aliphatic hydroxyl groups is 7. The van der Waals surface area contributed by atoms with Crippen molar-refractivity contribution in [2.45, 2.75) is 139 Å². The van der Waals surface area contributed by atoms with Gasteiger partial charge in [0.25, 0.3) is 0 Å². The number of amides is 1. The van der Waals surface area contributed by atoms with Gasteiger partial charge in [-0.1, -0.05) is 39.8 Å². The summed E-state index contributed by atoms with van der Waals surface area (Å²) in [5, 5.41) is 79.5. The molecule has 15 atom stereocenters. The van der Waals surface area contributed by atoms with Crippen molar-refractivity contribution in [3.05, 3.63) is 24.8 Å². The van der Waals surface area contributed by atoms with E-state index in [0.717, 1.165) is 0 Å². The minimum Gasteiger partial charge on any atom is -0.394 e. The van der Waals surface area contributed by atoms with Crippen molar-refractivity contribution in [2.24, 2.45) is 23.5 Å². The van der Waals surface area contributed by atoms with Gasteiger partial charge in [-0.05, 0) is 18.8 Å². The fourth-order valence-corrected chi connectivity index (χ4v) is 7.07. The van der Waals surface area contributed by atoms with Crippen LogP contribution < -0.4 is 16.8 Å². The van der Waals surface area contributed by atoms with Crippen LogP contribution in [0.1, 0.15) is 60.1 Å². The van der Waals surface area contributed by atoms with E-state index in [4.69, 9.17) is 30.4 Å². The number of nitrogens with zero attached hydrogens (tertiary/aromatic N) is 4. The molecule has 2 aromatic rings. The summed E-state index contributed by atoms with van der Waals surface area (Å²) in [4.78, 5) is 26.5. The number of nitrogen functional groups attached to an aromatic ring is 1. The maximum atomic E-state index is 14.2. The normalized spacial score (nSPS) is 37.9. The van der Waals surface area contributed by atoms with Crippen LogP contribution in [-0.4, -0.2) is 147 Å². The second kappa shape index (κ2) is 16.8. The van der Waals surface area contributed by atoms with Crippen LogP contribution >= 0.6 is 0 Å². The predicted molar refractivity (Wildman–Crippen MR) is 186 cm³/mol. The number of anilines is 1. The summed E-state index contributed by atoms with van der Waals surface area (Å²) in [5.41, 5.74) is 12.5. The number of imidazole rings is 1. The third-order valence-corrected chi connectivity index (χ3v) is 10.2. The second-order valence-electron chi connectivity index (χ2n) is 15.1. The average molecular weight is 754 g/mol. The van der Waals surface area contributed by atoms with Crippen molar-refractivity contribution >= 4 is 22.9 Å². The minimum absolute atomic E-state index is 0.0409. The van der Waals surface area contributed by atoms with Crippen molar-refractivity contribution in [3.8, 4) is 0 Å². The number of ether oxygens (including phenoxy) is 4. The van der Waals surface area contributed by atoms with E-state index in [0.29, 0.717) is 0 Å². The standard InChI is InChI=1S/C34H55N7O12/c1-14(2)6-7-17(51-33-27(46)23(35)26(45)16(5)50-33)8-20-22(19(44)10-34(49,53-20)9-18(43)15(3)4)31(48)40-24-21(11-42)52-32(28(24)47)41-13-39-25-29(36)37-12-38-30(25)41/h6-7,12-24,26-28,32-33,42-47,49H,8-11,35H2,1-5H3,(H,40,48)(H2,36,37,38)/b7-6+/t16?,17-,18+,19-,20?,21?,22+,23?,24?,26?,27?,28?,32?,33?,34+/m0/s1. The Hall–Kier alpha value is -2.92. The summed E-state index contributed by atoms with van der Waals surface area (Å²) in [6.45, 7) is 8.34. The molecule has 19 heteroatoms. The number of rotatable bonds is 13. The number of nitrogens with two attached hydrogens (primary N) is 2. The molecule has 0 spiro atoms. The topological polar surface area (TPSA) is 303 Å². The molecule has 0 radical (unpaired) electrons. The lowest BCUT2D eigenvalue weighted by Crippen LogP contribution is -2.62. The quantitative estimate of drug-likeness (QED) is 0.0970. The first-order valence-electron chi connectivity index (χ1n) is 18.0. The largest absolute Gasteiger partial charge is 0.394 e. The first-order chi connectivity index (χ1) is 24.9. The molecular weight excluding hydrogens is 698 g/mol. The Morgan fingerprint density at radius 1 is 1.09 bits per heavy atom. The van der Waals surface area contributed by atoms with E-state index in [9.17, 15) is 40.5 Å². The van der Waals surface area contributed by atoms with Crippen LogP contribution in [0.2, 0.25) is 0 Å². The lowest BCUT2D eigenvalue weighted by Gasteiger charge is -2.46. The van der Waals surface area contributed by atoms with E-state index in [1.807, 2.05) is 19.9 Å². The van der Waals surface area contributed by atoms with E-state index >= 15 is 0 Å². The molecule has 3 saturated heterocycles. The molecule has 19 nitrogen and oxygen atoms in total. The number of aliphatic hydroxyl groups excluding tert-OH is 6. The molecule has 0 bridgehead atoms. The summed E-state index contributed by atoms with van der Waals surface area (Å²) >= 11 is 0. The molecule has 3 aliphatic heterocycles. The van der Waals surface area contributed by atoms with E-state index in [2.05, 4.69) is 20.3 Å². The van der Waals surface area contributed by atoms with Gasteiger partial charge in [-0.25, -0.2) is 15.0 Å². The summed E-state index contributed by atoms with van der Waals surface area (Å²) in [6.07, 6.45) is -7.94. The number of fused-ring (bicyclic) bond motifs is 1. The summed E-state index contributed by atoms with van der Waals surface area (Å²) in [6, 6.07) is -2.28. The molecule has 3 fully saturated rings. The highest BCUT2D eigenvalue weighted by Crippen LogP contribution is 2.39. The number of carbonyl (C=O) groups is 1. The average Bonchev–Trinajstić information content (AvgIpc) is 3.65. The lowest BCUT2D eigenvalue weighted by molar-refractivity contribution is -0.307. The molecule has 298 valence electrons. The van der Waals surface area contributed by atoms with Gasteiger partial charge in [0.05, 0.1) is 67.6 Å². The predicted octanol–water partition coefficient (Wildman–Crippen LogP) is -2.21. The second-order valence-corrected chi connectivity index (χ2v) is 15.1. The van der Waals surface area contributed by atoms with Gasteiger partial charge in [0.1, 0.15) is 30.2 Å². The molecule has 10 unspecified atom stereocenters. The lowest BCUT2D eigenvalue weighted by atomic mass is 9.81. The van der Waals surface area contributed by atoms with E-state index < -0.39 is 110 Å². The molecule has 2 aromatic heterocycles. The summed E-state index contributed by atoms with van der Waals surface area (Å²) in [7, 11) is 0. The first kappa shape index (κ1) is 41.2. The zero-order valence-corrected chi connectivity index (χ0v) is 30.5. The fraction of sp³-hybridized carbons (Fsp3) is 0.765. The highest BCUT2D eigenvalue weighted by atomic mass is 16.7. The zero-order chi connectivity index (χ0) is 38.9. The highest BCUT2D eigenvalue weighted by molar-refractivity contribution is 5.81. The van der Waals surface area contributed by atoms with Gasteiger partial charge in [-0.15, -0.1) is 0 Å². The number of hydrogen-bond acceptors (Lipinski definition) is 17. The Morgan fingerprint density at radius 3 is 2.47 bits per heavy atom.